The number of non-ortho nitro benzene ring substituents is 1. The van der Waals surface area contributed by atoms with Crippen LogP contribution in [-0.4, -0.2) is 25.5 Å². The molecular weight excluding hydrogens is 426 g/mol. The maximum Gasteiger partial charge on any atom is 0.293 e. The molecule has 2 amide bonds. The monoisotopic (exact) mass is 439 g/mol. The van der Waals surface area contributed by atoms with E-state index in [9.17, 15) is 19.7 Å². The Morgan fingerprint density at radius 2 is 1.83 bits per heavy atom. The lowest BCUT2D eigenvalue weighted by Crippen LogP contribution is -2.27. The van der Waals surface area contributed by atoms with Crippen LogP contribution in [-0.2, 0) is 11.3 Å². The number of amides is 2. The molecule has 3 aromatic rings. The number of aromatic nitrogens is 1. The molecule has 1 aromatic heterocycles. The minimum atomic E-state index is -0.462. The predicted molar refractivity (Wildman–Crippen MR) is 115 cm³/mol. The van der Waals surface area contributed by atoms with Crippen molar-refractivity contribution >= 4 is 46.3 Å². The van der Waals surface area contributed by atoms with Gasteiger partial charge in [0.05, 0.1) is 16.4 Å². The summed E-state index contributed by atoms with van der Waals surface area (Å²) in [5.41, 5.74) is 2.14. The highest BCUT2D eigenvalue weighted by Crippen LogP contribution is 2.34. The molecule has 4 rings (SSSR count). The molecule has 2 heterocycles. The van der Waals surface area contributed by atoms with Crippen molar-refractivity contribution in [1.29, 1.82) is 0 Å². The maximum absolute atomic E-state index is 12.8. The quantitative estimate of drug-likeness (QED) is 0.307. The van der Waals surface area contributed by atoms with Gasteiger partial charge in [0.2, 0.25) is 0 Å². The van der Waals surface area contributed by atoms with Gasteiger partial charge < -0.3 is 4.57 Å². The van der Waals surface area contributed by atoms with Crippen molar-refractivity contribution in [3.63, 3.8) is 0 Å². The third kappa shape index (κ3) is 4.00. The molecule has 0 atom stereocenters. The van der Waals surface area contributed by atoms with Gasteiger partial charge >= 0.3 is 0 Å². The Labute approximate surface area is 180 Å². The van der Waals surface area contributed by atoms with Crippen molar-refractivity contribution in [2.45, 2.75) is 6.54 Å². The Kier molecular flexibility index (Phi) is 5.43. The van der Waals surface area contributed by atoms with Crippen LogP contribution < -0.4 is 0 Å². The molecule has 0 N–H and O–H groups in total. The SMILES string of the molecule is O=C1S/C(=C\c2cccn2-c2ccc([N+](=O)[O-])cc2)C(=O)N1Cc1cccc(Cl)c1. The molecule has 0 unspecified atom stereocenters. The van der Waals surface area contributed by atoms with Gasteiger partial charge in [-0.25, -0.2) is 0 Å². The van der Waals surface area contributed by atoms with Crippen LogP contribution in [0.2, 0.25) is 5.02 Å². The molecule has 0 saturated carbocycles. The van der Waals surface area contributed by atoms with Crippen LogP contribution in [0.5, 0.6) is 0 Å². The Balaban J connectivity index is 1.59. The number of hydrogen-bond acceptors (Lipinski definition) is 5. The fraction of sp³-hybridized carbons (Fsp3) is 0.0476. The molecule has 30 heavy (non-hydrogen) atoms. The van der Waals surface area contributed by atoms with Gasteiger partial charge in [0.15, 0.2) is 0 Å². The van der Waals surface area contributed by atoms with Crippen molar-refractivity contribution in [2.24, 2.45) is 0 Å². The second-order valence-corrected chi connectivity index (χ2v) is 7.90. The van der Waals surface area contributed by atoms with E-state index < -0.39 is 4.92 Å². The molecule has 2 aromatic carbocycles. The van der Waals surface area contributed by atoms with E-state index in [-0.39, 0.29) is 23.4 Å². The van der Waals surface area contributed by atoms with Gasteiger partial charge in [-0.05, 0) is 59.8 Å². The second-order valence-electron chi connectivity index (χ2n) is 6.47. The lowest BCUT2D eigenvalue weighted by Gasteiger charge is -2.12. The number of thioether (sulfide) groups is 1. The molecule has 0 bridgehead atoms. The van der Waals surface area contributed by atoms with Crippen molar-refractivity contribution in [3.8, 4) is 5.69 Å². The summed E-state index contributed by atoms with van der Waals surface area (Å²) in [6.45, 7) is 0.145. The highest BCUT2D eigenvalue weighted by molar-refractivity contribution is 8.18. The summed E-state index contributed by atoms with van der Waals surface area (Å²) in [4.78, 5) is 37.1. The van der Waals surface area contributed by atoms with E-state index in [1.165, 1.54) is 17.0 Å². The Morgan fingerprint density at radius 3 is 2.53 bits per heavy atom. The molecular formula is C21H14ClN3O4S. The zero-order valence-electron chi connectivity index (χ0n) is 15.4. The van der Waals surface area contributed by atoms with E-state index in [1.807, 2.05) is 0 Å². The van der Waals surface area contributed by atoms with E-state index in [0.29, 0.717) is 21.3 Å². The molecule has 1 fully saturated rings. The van der Waals surface area contributed by atoms with Crippen molar-refractivity contribution in [3.05, 3.63) is 98.2 Å². The van der Waals surface area contributed by atoms with Crippen molar-refractivity contribution < 1.29 is 14.5 Å². The topological polar surface area (TPSA) is 85.5 Å². The van der Waals surface area contributed by atoms with Gasteiger partial charge in [-0.2, -0.15) is 0 Å². The molecule has 0 spiro atoms. The van der Waals surface area contributed by atoms with Crippen molar-refractivity contribution in [2.75, 3.05) is 0 Å². The highest BCUT2D eigenvalue weighted by atomic mass is 35.5. The van der Waals surface area contributed by atoms with Crippen molar-refractivity contribution in [1.82, 2.24) is 9.47 Å². The predicted octanol–water partition coefficient (Wildman–Crippen LogP) is 5.28. The van der Waals surface area contributed by atoms with Crippen LogP contribution >= 0.6 is 23.4 Å². The summed E-state index contributed by atoms with van der Waals surface area (Å²) in [6.07, 6.45) is 3.42. The first kappa shape index (κ1) is 19.9. The summed E-state index contributed by atoms with van der Waals surface area (Å²) in [7, 11) is 0. The lowest BCUT2D eigenvalue weighted by molar-refractivity contribution is -0.384. The largest absolute Gasteiger partial charge is 0.317 e. The highest BCUT2D eigenvalue weighted by Gasteiger charge is 2.35. The number of nitro groups is 1. The van der Waals surface area contributed by atoms with Gasteiger partial charge in [0.25, 0.3) is 16.8 Å². The first-order valence-corrected chi connectivity index (χ1v) is 10.0. The first-order valence-electron chi connectivity index (χ1n) is 8.84. The molecule has 0 radical (unpaired) electrons. The Bertz CT molecular complexity index is 1190. The normalized spacial score (nSPS) is 15.2. The van der Waals surface area contributed by atoms with E-state index in [2.05, 4.69) is 0 Å². The number of nitro benzene ring substituents is 1. The van der Waals surface area contributed by atoms with E-state index >= 15 is 0 Å². The number of halogens is 1. The summed E-state index contributed by atoms with van der Waals surface area (Å²) in [6, 6.07) is 16.7. The number of nitrogens with zero attached hydrogens (tertiary/aromatic N) is 3. The molecule has 1 aliphatic heterocycles. The molecule has 0 aliphatic carbocycles. The summed E-state index contributed by atoms with van der Waals surface area (Å²) in [5, 5.41) is 11.0. The molecule has 1 aliphatic rings. The molecule has 9 heteroatoms. The minimum absolute atomic E-state index is 0.00501. The van der Waals surface area contributed by atoms with Gasteiger partial charge in [-0.1, -0.05) is 23.7 Å². The summed E-state index contributed by atoms with van der Waals surface area (Å²) < 4.78 is 1.79. The lowest BCUT2D eigenvalue weighted by atomic mass is 10.2. The third-order valence-electron chi connectivity index (χ3n) is 4.50. The van der Waals surface area contributed by atoms with Crippen LogP contribution in [0.25, 0.3) is 11.8 Å². The number of carbonyl (C=O) groups is 2. The molecule has 1 saturated heterocycles. The minimum Gasteiger partial charge on any atom is -0.317 e. The van der Waals surface area contributed by atoms with Crippen LogP contribution in [0, 0.1) is 10.1 Å². The maximum atomic E-state index is 12.8. The number of hydrogen-bond donors (Lipinski definition) is 0. The van der Waals surface area contributed by atoms with Gasteiger partial charge in [0.1, 0.15) is 0 Å². The van der Waals surface area contributed by atoms with E-state index in [4.69, 9.17) is 11.6 Å². The standard InChI is InChI=1S/C21H14ClN3O4S/c22-15-4-1-3-14(11-15)13-24-20(26)19(30-21(24)27)12-18-5-2-10-23(18)16-6-8-17(9-7-16)25(28)29/h1-12H,13H2/b19-12-. The van der Waals surface area contributed by atoms with Crippen LogP contribution in [0.4, 0.5) is 10.5 Å². The van der Waals surface area contributed by atoms with Crippen LogP contribution in [0.3, 0.4) is 0 Å². The second kappa shape index (κ2) is 8.17. The number of carbonyl (C=O) groups excluding carboxylic acids is 2. The van der Waals surface area contributed by atoms with Crippen LogP contribution in [0.15, 0.2) is 71.8 Å². The van der Waals surface area contributed by atoms with E-state index in [0.717, 1.165) is 17.3 Å². The number of imide groups is 1. The summed E-state index contributed by atoms with van der Waals surface area (Å²) in [5.74, 6) is -0.374. The first-order chi connectivity index (χ1) is 14.4. The summed E-state index contributed by atoms with van der Waals surface area (Å²) >= 11 is 6.86. The Morgan fingerprint density at radius 1 is 1.07 bits per heavy atom. The average Bonchev–Trinajstić information content (AvgIpc) is 3.28. The number of rotatable bonds is 5. The fourth-order valence-electron chi connectivity index (χ4n) is 3.07. The number of benzene rings is 2. The zero-order valence-corrected chi connectivity index (χ0v) is 17.0. The Hall–Kier alpha value is -3.36. The van der Waals surface area contributed by atoms with Crippen LogP contribution in [0.1, 0.15) is 11.3 Å². The van der Waals surface area contributed by atoms with E-state index in [1.54, 1.807) is 65.4 Å². The average molecular weight is 440 g/mol. The zero-order chi connectivity index (χ0) is 21.3. The molecule has 7 nitrogen and oxygen atoms in total. The molecule has 150 valence electrons. The van der Waals surface area contributed by atoms with Gasteiger partial charge in [-0.15, -0.1) is 0 Å². The van der Waals surface area contributed by atoms with Gasteiger partial charge in [-0.3, -0.25) is 24.6 Å². The fourth-order valence-corrected chi connectivity index (χ4v) is 4.11. The third-order valence-corrected chi connectivity index (χ3v) is 5.64. The van der Waals surface area contributed by atoms with Gasteiger partial charge in [0, 0.05) is 34.7 Å². The smallest absolute Gasteiger partial charge is 0.293 e.